The van der Waals surface area contributed by atoms with E-state index >= 15 is 0 Å². The van der Waals surface area contributed by atoms with E-state index in [2.05, 4.69) is 49.1 Å². The third-order valence-electron chi connectivity index (χ3n) is 5.04. The molecule has 24 heavy (non-hydrogen) atoms. The van der Waals surface area contributed by atoms with Crippen molar-refractivity contribution in [3.63, 3.8) is 0 Å². The van der Waals surface area contributed by atoms with Crippen molar-refractivity contribution < 1.29 is 4.74 Å². The maximum absolute atomic E-state index is 6.36. The summed E-state index contributed by atoms with van der Waals surface area (Å²) in [6.45, 7) is 7.36. The number of rotatable bonds is 4. The topological polar surface area (TPSA) is 38.5 Å². The average molecular weight is 324 g/mol. The van der Waals surface area contributed by atoms with Crippen LogP contribution in [-0.4, -0.2) is 31.1 Å². The fourth-order valence-corrected chi connectivity index (χ4v) is 3.74. The molecule has 3 nitrogen and oxygen atoms in total. The van der Waals surface area contributed by atoms with Crippen LogP contribution < -0.4 is 10.5 Å². The van der Waals surface area contributed by atoms with E-state index in [4.69, 9.17) is 10.5 Å². The summed E-state index contributed by atoms with van der Waals surface area (Å²) in [6.07, 6.45) is 1.05. The Kier molecular flexibility index (Phi) is 5.22. The first-order chi connectivity index (χ1) is 11.5. The Morgan fingerprint density at radius 1 is 1.08 bits per heavy atom. The van der Waals surface area contributed by atoms with Crippen LogP contribution in [-0.2, 0) is 6.54 Å². The van der Waals surface area contributed by atoms with Gasteiger partial charge >= 0.3 is 0 Å². The van der Waals surface area contributed by atoms with Crippen LogP contribution in [0.2, 0.25) is 0 Å². The maximum Gasteiger partial charge on any atom is 0.118 e. The van der Waals surface area contributed by atoms with Crippen molar-refractivity contribution >= 4 is 0 Å². The Labute approximate surface area is 145 Å². The van der Waals surface area contributed by atoms with Gasteiger partial charge in [0.05, 0.1) is 7.11 Å². The van der Waals surface area contributed by atoms with Gasteiger partial charge in [-0.3, -0.25) is 4.90 Å². The van der Waals surface area contributed by atoms with Gasteiger partial charge in [0.1, 0.15) is 5.75 Å². The van der Waals surface area contributed by atoms with Crippen LogP contribution >= 0.6 is 0 Å². The molecule has 1 heterocycles. The fourth-order valence-electron chi connectivity index (χ4n) is 3.74. The highest BCUT2D eigenvalue weighted by atomic mass is 16.5. The molecule has 0 spiro atoms. The lowest BCUT2D eigenvalue weighted by molar-refractivity contribution is 0.181. The third kappa shape index (κ3) is 3.97. The molecule has 3 rings (SSSR count). The highest BCUT2D eigenvalue weighted by Gasteiger charge is 2.26. The van der Waals surface area contributed by atoms with Crippen LogP contribution in [0.5, 0.6) is 5.75 Å². The summed E-state index contributed by atoms with van der Waals surface area (Å²) in [5.41, 5.74) is 11.8. The molecule has 2 N–H and O–H groups in total. The van der Waals surface area contributed by atoms with Gasteiger partial charge in [-0.05, 0) is 55.0 Å². The van der Waals surface area contributed by atoms with Crippen molar-refractivity contribution in [3.8, 4) is 5.75 Å². The molecule has 1 fully saturated rings. The zero-order valence-corrected chi connectivity index (χ0v) is 15.0. The number of aryl methyl sites for hydroxylation is 2. The molecule has 0 aliphatic carbocycles. The van der Waals surface area contributed by atoms with Gasteiger partial charge in [0.25, 0.3) is 0 Å². The fraction of sp³-hybridized carbons (Fsp3) is 0.429. The molecule has 2 aromatic rings. The largest absolute Gasteiger partial charge is 0.497 e. The maximum atomic E-state index is 6.36. The summed E-state index contributed by atoms with van der Waals surface area (Å²) in [6, 6.07) is 15.4. The molecule has 0 amide bonds. The van der Waals surface area contributed by atoms with Crippen LogP contribution in [0, 0.1) is 13.8 Å². The lowest BCUT2D eigenvalue weighted by Crippen LogP contribution is -2.45. The standard InChI is InChI=1S/C21H28N2O/c1-15-4-5-18(16(2)10-15)12-23-13-19(11-20(22)14-23)17-6-8-21(24-3)9-7-17/h4-10,19-20H,11-14,22H2,1-3H3. The number of hydrogen-bond acceptors (Lipinski definition) is 3. The van der Waals surface area contributed by atoms with Crippen LogP contribution in [0.25, 0.3) is 0 Å². The van der Waals surface area contributed by atoms with Crippen LogP contribution in [0.15, 0.2) is 42.5 Å². The zero-order chi connectivity index (χ0) is 17.1. The van der Waals surface area contributed by atoms with Gasteiger partial charge < -0.3 is 10.5 Å². The van der Waals surface area contributed by atoms with Gasteiger partial charge in [-0.2, -0.15) is 0 Å². The van der Waals surface area contributed by atoms with Gasteiger partial charge in [0.15, 0.2) is 0 Å². The Hall–Kier alpha value is -1.84. The Bertz CT molecular complexity index is 681. The molecular weight excluding hydrogens is 296 g/mol. The lowest BCUT2D eigenvalue weighted by atomic mass is 9.88. The van der Waals surface area contributed by atoms with Crippen molar-refractivity contribution in [2.75, 3.05) is 20.2 Å². The Balaban J connectivity index is 1.72. The Morgan fingerprint density at radius 3 is 2.50 bits per heavy atom. The predicted molar refractivity (Wildman–Crippen MR) is 99.5 cm³/mol. The quantitative estimate of drug-likeness (QED) is 0.933. The van der Waals surface area contributed by atoms with Gasteiger partial charge in [-0.25, -0.2) is 0 Å². The minimum absolute atomic E-state index is 0.233. The first kappa shape index (κ1) is 17.0. The molecule has 128 valence electrons. The van der Waals surface area contributed by atoms with E-state index in [1.807, 2.05) is 12.1 Å². The summed E-state index contributed by atoms with van der Waals surface area (Å²) in [4.78, 5) is 2.50. The van der Waals surface area contributed by atoms with Gasteiger partial charge in [0, 0.05) is 25.7 Å². The molecule has 0 bridgehead atoms. The number of ether oxygens (including phenoxy) is 1. The highest BCUT2D eigenvalue weighted by molar-refractivity contribution is 5.32. The number of likely N-dealkylation sites (tertiary alicyclic amines) is 1. The molecule has 2 aromatic carbocycles. The molecule has 0 saturated carbocycles. The molecule has 0 aromatic heterocycles. The van der Waals surface area contributed by atoms with E-state index in [0.29, 0.717) is 5.92 Å². The second-order valence-electron chi connectivity index (χ2n) is 7.09. The second kappa shape index (κ2) is 7.37. The summed E-state index contributed by atoms with van der Waals surface area (Å²) in [7, 11) is 1.71. The summed E-state index contributed by atoms with van der Waals surface area (Å²) >= 11 is 0. The van der Waals surface area contributed by atoms with Crippen LogP contribution in [0.4, 0.5) is 0 Å². The highest BCUT2D eigenvalue weighted by Crippen LogP contribution is 2.29. The van der Waals surface area contributed by atoms with Crippen LogP contribution in [0.1, 0.15) is 34.6 Å². The van der Waals surface area contributed by atoms with Crippen molar-refractivity contribution in [1.82, 2.24) is 4.90 Å². The van der Waals surface area contributed by atoms with E-state index < -0.39 is 0 Å². The van der Waals surface area contributed by atoms with Crippen molar-refractivity contribution in [3.05, 3.63) is 64.7 Å². The summed E-state index contributed by atoms with van der Waals surface area (Å²) < 4.78 is 5.27. The summed E-state index contributed by atoms with van der Waals surface area (Å²) in [5.74, 6) is 1.40. The van der Waals surface area contributed by atoms with E-state index in [-0.39, 0.29) is 6.04 Å². The normalized spacial score (nSPS) is 21.7. The van der Waals surface area contributed by atoms with E-state index in [0.717, 1.165) is 31.8 Å². The number of hydrogen-bond donors (Lipinski definition) is 1. The second-order valence-corrected chi connectivity index (χ2v) is 7.09. The molecule has 1 saturated heterocycles. The van der Waals surface area contributed by atoms with E-state index in [1.165, 1.54) is 22.3 Å². The first-order valence-corrected chi connectivity index (χ1v) is 8.73. The smallest absolute Gasteiger partial charge is 0.118 e. The number of piperidine rings is 1. The molecular formula is C21H28N2O. The number of nitrogens with two attached hydrogens (primary N) is 1. The molecule has 1 aliphatic heterocycles. The van der Waals surface area contributed by atoms with Crippen molar-refractivity contribution in [1.29, 1.82) is 0 Å². The van der Waals surface area contributed by atoms with Crippen molar-refractivity contribution in [2.45, 2.75) is 38.8 Å². The number of benzene rings is 2. The minimum atomic E-state index is 0.233. The van der Waals surface area contributed by atoms with Gasteiger partial charge in [-0.15, -0.1) is 0 Å². The molecule has 2 atom stereocenters. The van der Waals surface area contributed by atoms with E-state index in [1.54, 1.807) is 7.11 Å². The minimum Gasteiger partial charge on any atom is -0.497 e. The SMILES string of the molecule is COc1ccc(C2CC(N)CN(Cc3ccc(C)cc3C)C2)cc1. The zero-order valence-electron chi connectivity index (χ0n) is 15.0. The predicted octanol–water partition coefficient (Wildman–Crippen LogP) is 3.63. The number of nitrogens with zero attached hydrogens (tertiary/aromatic N) is 1. The molecule has 0 radical (unpaired) electrons. The Morgan fingerprint density at radius 2 is 1.83 bits per heavy atom. The lowest BCUT2D eigenvalue weighted by Gasteiger charge is -2.37. The van der Waals surface area contributed by atoms with Gasteiger partial charge in [-0.1, -0.05) is 35.9 Å². The first-order valence-electron chi connectivity index (χ1n) is 8.73. The summed E-state index contributed by atoms with van der Waals surface area (Å²) in [5, 5.41) is 0. The number of methoxy groups -OCH3 is 1. The van der Waals surface area contributed by atoms with Gasteiger partial charge in [0.2, 0.25) is 0 Å². The van der Waals surface area contributed by atoms with Crippen molar-refractivity contribution in [2.24, 2.45) is 5.73 Å². The van der Waals surface area contributed by atoms with E-state index in [9.17, 15) is 0 Å². The third-order valence-corrected chi connectivity index (χ3v) is 5.04. The average Bonchev–Trinajstić information content (AvgIpc) is 2.57. The molecule has 2 unspecified atom stereocenters. The monoisotopic (exact) mass is 324 g/mol. The molecule has 3 heteroatoms. The van der Waals surface area contributed by atoms with Crippen LogP contribution in [0.3, 0.4) is 0 Å². The molecule has 1 aliphatic rings.